The molecule has 7 rings (SSSR count). The summed E-state index contributed by atoms with van der Waals surface area (Å²) in [5.41, 5.74) is 11.5. The van der Waals surface area contributed by atoms with Crippen LogP contribution < -0.4 is 0 Å². The van der Waals surface area contributed by atoms with E-state index in [1.807, 2.05) is 0 Å². The highest BCUT2D eigenvalue weighted by Crippen LogP contribution is 2.56. The van der Waals surface area contributed by atoms with Crippen LogP contribution in [-0.4, -0.2) is 4.98 Å². The fourth-order valence-electron chi connectivity index (χ4n) is 6.05. The second-order valence-electron chi connectivity index (χ2n) is 9.08. The lowest BCUT2D eigenvalue weighted by atomic mass is 9.67. The maximum Gasteiger partial charge on any atom is 0.0713 e. The zero-order valence-electron chi connectivity index (χ0n) is 18.1. The van der Waals surface area contributed by atoms with Crippen molar-refractivity contribution in [1.29, 1.82) is 0 Å². The molecule has 1 aromatic heterocycles. The highest BCUT2D eigenvalue weighted by atomic mass is 79.9. The molecule has 5 aromatic rings. The van der Waals surface area contributed by atoms with E-state index in [9.17, 15) is 0 Å². The first-order chi connectivity index (χ1) is 16.3. The molecular formula is C31H22BrN. The summed E-state index contributed by atoms with van der Waals surface area (Å²) in [6, 6.07) is 35.9. The van der Waals surface area contributed by atoms with E-state index in [4.69, 9.17) is 0 Å². The Bertz CT molecular complexity index is 1530. The second-order valence-corrected chi connectivity index (χ2v) is 10.1. The van der Waals surface area contributed by atoms with Crippen LogP contribution in [0.4, 0.5) is 0 Å². The van der Waals surface area contributed by atoms with Gasteiger partial charge < -0.3 is 4.98 Å². The molecule has 1 N–H and O–H groups in total. The summed E-state index contributed by atoms with van der Waals surface area (Å²) in [5.74, 6) is 0. The van der Waals surface area contributed by atoms with Gasteiger partial charge in [-0.1, -0.05) is 101 Å². The first kappa shape index (κ1) is 19.1. The number of benzene rings is 4. The van der Waals surface area contributed by atoms with Gasteiger partial charge in [-0.3, -0.25) is 0 Å². The van der Waals surface area contributed by atoms with Crippen LogP contribution in [0.5, 0.6) is 0 Å². The Labute approximate surface area is 201 Å². The number of rotatable bonds is 2. The minimum Gasteiger partial charge on any atom is -0.358 e. The molecule has 0 bridgehead atoms. The van der Waals surface area contributed by atoms with E-state index < -0.39 is 0 Å². The van der Waals surface area contributed by atoms with Gasteiger partial charge in [-0.25, -0.2) is 0 Å². The normalized spacial score (nSPS) is 15.6. The van der Waals surface area contributed by atoms with Crippen LogP contribution in [0.1, 0.15) is 39.9 Å². The first-order valence-corrected chi connectivity index (χ1v) is 12.3. The van der Waals surface area contributed by atoms with Crippen molar-refractivity contribution in [1.82, 2.24) is 4.98 Å². The van der Waals surface area contributed by atoms with Gasteiger partial charge in [0.2, 0.25) is 0 Å². The van der Waals surface area contributed by atoms with Crippen LogP contribution in [0.2, 0.25) is 0 Å². The number of H-pyrrole nitrogens is 1. The van der Waals surface area contributed by atoms with Gasteiger partial charge in [0.25, 0.3) is 0 Å². The Morgan fingerprint density at radius 3 is 2.06 bits per heavy atom. The van der Waals surface area contributed by atoms with Crippen LogP contribution in [0.3, 0.4) is 0 Å². The Hall–Kier alpha value is -3.36. The average Bonchev–Trinajstić information content (AvgIpc) is 3.38. The van der Waals surface area contributed by atoms with Crippen molar-refractivity contribution < 1.29 is 0 Å². The van der Waals surface area contributed by atoms with Crippen molar-refractivity contribution in [2.75, 3.05) is 0 Å². The molecule has 2 heteroatoms. The molecule has 4 aromatic carbocycles. The third kappa shape index (κ3) is 2.59. The summed E-state index contributed by atoms with van der Waals surface area (Å²) in [5, 5.41) is 1.30. The smallest absolute Gasteiger partial charge is 0.0713 e. The zero-order chi connectivity index (χ0) is 22.0. The lowest BCUT2D eigenvalue weighted by molar-refractivity contribution is 0.770. The Kier molecular flexibility index (Phi) is 4.10. The van der Waals surface area contributed by atoms with Crippen LogP contribution in [0.15, 0.2) is 102 Å². The Morgan fingerprint density at radius 1 is 0.667 bits per heavy atom. The standard InChI is InChI=1S/C31H22BrN/c32-22-15-17-30-26(19-22)25-18-21(14-16-29(25)33-30)31(20-8-2-1-3-9-20)27-12-6-4-10-23(27)24-11-5-7-13-28(24)31/h1-14,16,18-19,33H,15,17H2. The van der Waals surface area contributed by atoms with Crippen molar-refractivity contribution in [2.24, 2.45) is 0 Å². The predicted molar refractivity (Wildman–Crippen MR) is 141 cm³/mol. The van der Waals surface area contributed by atoms with Gasteiger partial charge in [0.15, 0.2) is 0 Å². The fourth-order valence-corrected chi connectivity index (χ4v) is 6.48. The summed E-state index contributed by atoms with van der Waals surface area (Å²) < 4.78 is 1.27. The molecular weight excluding hydrogens is 466 g/mol. The molecule has 0 unspecified atom stereocenters. The van der Waals surface area contributed by atoms with Gasteiger partial charge in [0.05, 0.1) is 5.41 Å². The third-order valence-corrected chi connectivity index (χ3v) is 8.05. The minimum absolute atomic E-state index is 0.345. The van der Waals surface area contributed by atoms with Gasteiger partial charge in [-0.05, 0) is 68.9 Å². The topological polar surface area (TPSA) is 15.8 Å². The van der Waals surface area contributed by atoms with Crippen LogP contribution in [0, 0.1) is 0 Å². The van der Waals surface area contributed by atoms with Crippen LogP contribution in [-0.2, 0) is 11.8 Å². The van der Waals surface area contributed by atoms with Gasteiger partial charge in [0, 0.05) is 22.2 Å². The lowest BCUT2D eigenvalue weighted by Crippen LogP contribution is -2.28. The van der Waals surface area contributed by atoms with Crippen LogP contribution in [0.25, 0.3) is 28.1 Å². The summed E-state index contributed by atoms with van der Waals surface area (Å²) in [6.45, 7) is 0. The molecule has 0 atom stereocenters. The largest absolute Gasteiger partial charge is 0.358 e. The molecule has 0 saturated carbocycles. The molecule has 0 saturated heterocycles. The first-order valence-electron chi connectivity index (χ1n) is 11.5. The second kappa shape index (κ2) is 7.07. The summed E-state index contributed by atoms with van der Waals surface area (Å²) in [7, 11) is 0. The molecule has 1 nitrogen and oxygen atoms in total. The predicted octanol–water partition coefficient (Wildman–Crippen LogP) is 8.21. The third-order valence-electron chi connectivity index (χ3n) is 7.43. The number of hydrogen-bond donors (Lipinski definition) is 1. The highest BCUT2D eigenvalue weighted by molar-refractivity contribution is 9.11. The van der Waals surface area contributed by atoms with Crippen molar-refractivity contribution >= 4 is 32.9 Å². The average molecular weight is 488 g/mol. The zero-order valence-corrected chi connectivity index (χ0v) is 19.7. The van der Waals surface area contributed by atoms with E-state index >= 15 is 0 Å². The number of fused-ring (bicyclic) bond motifs is 6. The maximum atomic E-state index is 3.75. The van der Waals surface area contributed by atoms with Crippen molar-refractivity contribution in [2.45, 2.75) is 18.3 Å². The van der Waals surface area contributed by atoms with E-state index in [-0.39, 0.29) is 5.41 Å². The lowest BCUT2D eigenvalue weighted by Gasteiger charge is -2.34. The SMILES string of the molecule is BrC1=Cc2c([nH]c3ccc(C4(c5ccccc5)c5ccccc5-c5ccccc54)cc23)CC1. The highest BCUT2D eigenvalue weighted by Gasteiger charge is 2.45. The van der Waals surface area contributed by atoms with Crippen molar-refractivity contribution in [3.63, 3.8) is 0 Å². The van der Waals surface area contributed by atoms with Crippen LogP contribution >= 0.6 is 15.9 Å². The monoisotopic (exact) mass is 487 g/mol. The summed E-state index contributed by atoms with van der Waals surface area (Å²) >= 11 is 3.75. The van der Waals surface area contributed by atoms with Gasteiger partial charge in [0.1, 0.15) is 0 Å². The Balaban J connectivity index is 1.61. The minimum atomic E-state index is -0.345. The number of aryl methyl sites for hydroxylation is 1. The molecule has 0 fully saturated rings. The summed E-state index contributed by atoms with van der Waals surface area (Å²) in [6.07, 6.45) is 4.40. The van der Waals surface area contributed by atoms with E-state index in [2.05, 4.69) is 124 Å². The number of aromatic nitrogens is 1. The van der Waals surface area contributed by atoms with Gasteiger partial charge >= 0.3 is 0 Å². The molecule has 0 spiro atoms. The van der Waals surface area contributed by atoms with Gasteiger partial charge in [-0.2, -0.15) is 0 Å². The molecule has 2 aliphatic rings. The molecule has 1 heterocycles. The summed E-state index contributed by atoms with van der Waals surface area (Å²) in [4.78, 5) is 3.68. The number of hydrogen-bond acceptors (Lipinski definition) is 0. The van der Waals surface area contributed by atoms with E-state index in [0.29, 0.717) is 0 Å². The maximum absolute atomic E-state index is 3.75. The fraction of sp³-hybridized carbons (Fsp3) is 0.0968. The van der Waals surface area contributed by atoms with Crippen molar-refractivity contribution in [3.05, 3.63) is 135 Å². The number of halogens is 1. The molecule has 0 aliphatic heterocycles. The van der Waals surface area contributed by atoms with Crippen molar-refractivity contribution in [3.8, 4) is 11.1 Å². The number of aromatic amines is 1. The van der Waals surface area contributed by atoms with E-state index in [1.54, 1.807) is 0 Å². The molecule has 0 amide bonds. The molecule has 2 aliphatic carbocycles. The van der Waals surface area contributed by atoms with Gasteiger partial charge in [-0.15, -0.1) is 0 Å². The Morgan fingerprint density at radius 2 is 1.33 bits per heavy atom. The van der Waals surface area contributed by atoms with E-state index in [1.165, 1.54) is 60.0 Å². The molecule has 33 heavy (non-hydrogen) atoms. The molecule has 158 valence electrons. The molecule has 0 radical (unpaired) electrons. The van der Waals surface area contributed by atoms with E-state index in [0.717, 1.165) is 12.8 Å². The number of allylic oxidation sites excluding steroid dienone is 1. The quantitative estimate of drug-likeness (QED) is 0.253. The number of nitrogens with one attached hydrogen (secondary N) is 1.